The average Bonchev–Trinajstić information content (AvgIpc) is 2.66. The summed E-state index contributed by atoms with van der Waals surface area (Å²) in [6.07, 6.45) is -0.332. The normalized spacial score (nSPS) is 17.3. The summed E-state index contributed by atoms with van der Waals surface area (Å²) in [7, 11) is 3.05. The molecule has 1 atom stereocenters. The van der Waals surface area contributed by atoms with E-state index in [1.165, 1.54) is 17.6 Å². The molecule has 0 aliphatic carbocycles. The maximum absolute atomic E-state index is 11.2. The van der Waals surface area contributed by atoms with Gasteiger partial charge >= 0.3 is 5.97 Å². The quantitative estimate of drug-likeness (QED) is 0.814. The van der Waals surface area contributed by atoms with Gasteiger partial charge in [0, 0.05) is 18.9 Å². The van der Waals surface area contributed by atoms with Gasteiger partial charge in [-0.1, -0.05) is 0 Å². The van der Waals surface area contributed by atoms with Crippen LogP contribution in [0.25, 0.3) is 0 Å². The molecule has 0 saturated heterocycles. The van der Waals surface area contributed by atoms with E-state index in [4.69, 9.17) is 26.4 Å². The summed E-state index contributed by atoms with van der Waals surface area (Å²) in [5.74, 6) is -0.513. The standard InChI is InChI=1S/C11H13ClN2O4/c1-17-5-8-13-9-6(11(15)16)3-4-7(18-2)10(9)14(8)12/h3-4,8,13H,5H2,1-2H3,(H,15,16). The van der Waals surface area contributed by atoms with Crippen molar-refractivity contribution < 1.29 is 19.4 Å². The molecule has 0 fully saturated rings. The first-order chi connectivity index (χ1) is 8.60. The summed E-state index contributed by atoms with van der Waals surface area (Å²) in [5, 5.41) is 12.2. The number of anilines is 2. The second-order valence-corrected chi connectivity index (χ2v) is 4.14. The van der Waals surface area contributed by atoms with Crippen molar-refractivity contribution in [3.8, 4) is 5.75 Å². The zero-order chi connectivity index (χ0) is 13.3. The maximum Gasteiger partial charge on any atom is 0.337 e. The molecule has 1 unspecified atom stereocenters. The van der Waals surface area contributed by atoms with E-state index in [9.17, 15) is 4.79 Å². The van der Waals surface area contributed by atoms with E-state index in [-0.39, 0.29) is 11.7 Å². The molecule has 0 amide bonds. The Morgan fingerprint density at radius 1 is 1.56 bits per heavy atom. The molecule has 0 bridgehead atoms. The van der Waals surface area contributed by atoms with Crippen LogP contribution in [-0.2, 0) is 4.74 Å². The van der Waals surface area contributed by atoms with Crippen LogP contribution in [0, 0.1) is 0 Å². The first-order valence-electron chi connectivity index (χ1n) is 5.25. The Balaban J connectivity index is 2.50. The van der Waals surface area contributed by atoms with Gasteiger partial charge in [-0.05, 0) is 12.1 Å². The maximum atomic E-state index is 11.2. The van der Waals surface area contributed by atoms with Crippen LogP contribution >= 0.6 is 11.8 Å². The topological polar surface area (TPSA) is 71.0 Å². The molecule has 2 rings (SSSR count). The predicted octanol–water partition coefficient (Wildman–Crippen LogP) is 1.75. The highest BCUT2D eigenvalue weighted by atomic mass is 35.5. The van der Waals surface area contributed by atoms with Gasteiger partial charge in [0.25, 0.3) is 0 Å². The van der Waals surface area contributed by atoms with Crippen molar-refractivity contribution in [2.24, 2.45) is 0 Å². The number of benzene rings is 1. The molecule has 1 aromatic rings. The van der Waals surface area contributed by atoms with Gasteiger partial charge in [-0.2, -0.15) is 0 Å². The number of rotatable bonds is 4. The number of hydrogen-bond acceptors (Lipinski definition) is 5. The molecule has 0 aromatic heterocycles. The lowest BCUT2D eigenvalue weighted by molar-refractivity contribution is 0.0698. The number of carboxylic acids is 1. The summed E-state index contributed by atoms with van der Waals surface area (Å²) >= 11 is 6.17. The summed E-state index contributed by atoms with van der Waals surface area (Å²) in [5.41, 5.74) is 1.11. The fraction of sp³-hybridized carbons (Fsp3) is 0.364. The second-order valence-electron chi connectivity index (χ2n) is 3.77. The number of aromatic carboxylic acids is 1. The highest BCUT2D eigenvalue weighted by Gasteiger charge is 2.34. The SMILES string of the molecule is COCC1Nc2c(C(=O)O)ccc(OC)c2N1Cl. The predicted molar refractivity (Wildman–Crippen MR) is 67.6 cm³/mol. The first kappa shape index (κ1) is 12.8. The molecule has 98 valence electrons. The van der Waals surface area contributed by atoms with Crippen molar-refractivity contribution >= 4 is 29.1 Å². The minimum atomic E-state index is -1.02. The van der Waals surface area contributed by atoms with Gasteiger partial charge in [0.05, 0.1) is 25.0 Å². The average molecular weight is 273 g/mol. The van der Waals surface area contributed by atoms with E-state index in [0.29, 0.717) is 23.7 Å². The number of fused-ring (bicyclic) bond motifs is 1. The van der Waals surface area contributed by atoms with Gasteiger partial charge in [-0.15, -0.1) is 0 Å². The van der Waals surface area contributed by atoms with Gasteiger partial charge in [0.1, 0.15) is 17.6 Å². The third kappa shape index (κ3) is 1.93. The minimum Gasteiger partial charge on any atom is -0.494 e. The van der Waals surface area contributed by atoms with E-state index >= 15 is 0 Å². The third-order valence-corrected chi connectivity index (χ3v) is 3.12. The van der Waals surface area contributed by atoms with Crippen molar-refractivity contribution in [3.05, 3.63) is 17.7 Å². The van der Waals surface area contributed by atoms with Gasteiger partial charge in [0.15, 0.2) is 0 Å². The largest absolute Gasteiger partial charge is 0.494 e. The number of nitrogens with zero attached hydrogens (tertiary/aromatic N) is 1. The van der Waals surface area contributed by atoms with Crippen LogP contribution in [0.4, 0.5) is 11.4 Å². The number of methoxy groups -OCH3 is 2. The third-order valence-electron chi connectivity index (χ3n) is 2.71. The van der Waals surface area contributed by atoms with Crippen molar-refractivity contribution in [3.63, 3.8) is 0 Å². The van der Waals surface area contributed by atoms with Crippen LogP contribution in [0.5, 0.6) is 5.75 Å². The molecule has 1 aromatic carbocycles. The number of carbonyl (C=O) groups is 1. The second kappa shape index (κ2) is 4.91. The van der Waals surface area contributed by atoms with Crippen molar-refractivity contribution in [1.82, 2.24) is 0 Å². The fourth-order valence-corrected chi connectivity index (χ4v) is 2.19. The monoisotopic (exact) mass is 272 g/mol. The van der Waals surface area contributed by atoms with Crippen LogP contribution in [0.1, 0.15) is 10.4 Å². The Morgan fingerprint density at radius 3 is 2.83 bits per heavy atom. The van der Waals surface area contributed by atoms with Crippen LogP contribution in [0.3, 0.4) is 0 Å². The molecule has 18 heavy (non-hydrogen) atoms. The Hall–Kier alpha value is -1.66. The molecule has 2 N–H and O–H groups in total. The zero-order valence-corrected chi connectivity index (χ0v) is 10.7. The highest BCUT2D eigenvalue weighted by molar-refractivity contribution is 6.29. The van der Waals surface area contributed by atoms with Crippen LogP contribution in [0.15, 0.2) is 12.1 Å². The number of carboxylic acid groups (broad SMARTS) is 1. The number of halogens is 1. The molecule has 6 nitrogen and oxygen atoms in total. The molecule has 7 heteroatoms. The Kier molecular flexibility index (Phi) is 3.49. The summed E-state index contributed by atoms with van der Waals surface area (Å²) in [4.78, 5) is 11.2. The Bertz CT molecular complexity index is 480. The highest BCUT2D eigenvalue weighted by Crippen LogP contribution is 2.45. The first-order valence-corrected chi connectivity index (χ1v) is 5.58. The Morgan fingerprint density at radius 2 is 2.28 bits per heavy atom. The van der Waals surface area contributed by atoms with Crippen LogP contribution in [-0.4, -0.2) is 38.1 Å². The Labute approximate surface area is 109 Å². The van der Waals surface area contributed by atoms with Crippen molar-refractivity contribution in [2.45, 2.75) is 6.17 Å². The summed E-state index contributed by atoms with van der Waals surface area (Å²) < 4.78 is 11.6. The van der Waals surface area contributed by atoms with E-state index in [1.807, 2.05) is 0 Å². The summed E-state index contributed by atoms with van der Waals surface area (Å²) in [6, 6.07) is 3.06. The van der Waals surface area contributed by atoms with Gasteiger partial charge < -0.3 is 19.9 Å². The smallest absolute Gasteiger partial charge is 0.337 e. The van der Waals surface area contributed by atoms with E-state index in [1.54, 1.807) is 13.2 Å². The van der Waals surface area contributed by atoms with Crippen LogP contribution < -0.4 is 14.5 Å². The summed E-state index contributed by atoms with van der Waals surface area (Å²) in [6.45, 7) is 0.320. The molecule has 0 saturated carbocycles. The van der Waals surface area contributed by atoms with E-state index in [0.717, 1.165) is 0 Å². The fourth-order valence-electron chi connectivity index (χ4n) is 1.92. The lowest BCUT2D eigenvalue weighted by Gasteiger charge is -2.18. The molecule has 0 spiro atoms. The lowest BCUT2D eigenvalue weighted by atomic mass is 10.1. The van der Waals surface area contributed by atoms with Gasteiger partial charge in [0.2, 0.25) is 0 Å². The lowest BCUT2D eigenvalue weighted by Crippen LogP contribution is -2.32. The number of hydrogen-bond donors (Lipinski definition) is 2. The molecule has 0 radical (unpaired) electrons. The van der Waals surface area contributed by atoms with Crippen molar-refractivity contribution in [2.75, 3.05) is 30.6 Å². The van der Waals surface area contributed by atoms with E-state index in [2.05, 4.69) is 5.32 Å². The molecule has 1 aliphatic rings. The van der Waals surface area contributed by atoms with E-state index < -0.39 is 5.97 Å². The minimum absolute atomic E-state index is 0.148. The molecular weight excluding hydrogens is 260 g/mol. The van der Waals surface area contributed by atoms with Gasteiger partial charge in [-0.25, -0.2) is 4.79 Å². The van der Waals surface area contributed by atoms with Crippen LogP contribution in [0.2, 0.25) is 0 Å². The molecule has 1 aliphatic heterocycles. The number of ether oxygens (including phenoxy) is 2. The molecule has 1 heterocycles. The zero-order valence-electron chi connectivity index (χ0n) is 9.94. The van der Waals surface area contributed by atoms with Crippen molar-refractivity contribution in [1.29, 1.82) is 0 Å². The molecular formula is C11H13ClN2O4. The number of nitrogens with one attached hydrogen (secondary N) is 1. The van der Waals surface area contributed by atoms with Gasteiger partial charge in [-0.3, -0.25) is 4.42 Å².